The van der Waals surface area contributed by atoms with Crippen molar-refractivity contribution in [2.45, 2.75) is 13.0 Å². The number of hydrogen-bond acceptors (Lipinski definition) is 2. The van der Waals surface area contributed by atoms with Crippen LogP contribution in [0.25, 0.3) is 22.2 Å². The second kappa shape index (κ2) is 7.56. The summed E-state index contributed by atoms with van der Waals surface area (Å²) in [6.07, 6.45) is -0.201. The number of ether oxygens (including phenoxy) is 1. The number of benzene rings is 3. The van der Waals surface area contributed by atoms with Gasteiger partial charge in [0.05, 0.1) is 17.6 Å². The molecule has 0 saturated carbocycles. The van der Waals surface area contributed by atoms with Crippen LogP contribution in [0.3, 0.4) is 0 Å². The van der Waals surface area contributed by atoms with Crippen LogP contribution < -0.4 is 4.74 Å². The van der Waals surface area contributed by atoms with Gasteiger partial charge in [0.15, 0.2) is 0 Å². The minimum Gasteiger partial charge on any atom is -0.489 e. The maximum Gasteiger partial charge on any atom is 0.307 e. The quantitative estimate of drug-likeness (QED) is 0.488. The van der Waals surface area contributed by atoms with Gasteiger partial charge in [0.2, 0.25) is 0 Å². The highest BCUT2D eigenvalue weighted by atomic mass is 19.1. The normalized spacial score (nSPS) is 10.9. The number of H-pyrrole nitrogens is 1. The Hall–Kier alpha value is -3.60. The summed E-state index contributed by atoms with van der Waals surface area (Å²) in [4.78, 5) is 14.4. The van der Waals surface area contributed by atoms with Crippen molar-refractivity contribution in [2.75, 3.05) is 0 Å². The monoisotopic (exact) mass is 375 g/mol. The molecule has 1 aromatic heterocycles. The molecule has 5 heteroatoms. The molecule has 28 heavy (non-hydrogen) atoms. The van der Waals surface area contributed by atoms with E-state index in [1.54, 1.807) is 12.1 Å². The fourth-order valence-electron chi connectivity index (χ4n) is 3.30. The number of aromatic amines is 1. The SMILES string of the molecule is O=C(O)Cc1c(-c2cccc(OCc3ccccc3)c2)[nH]c2c(F)cccc12. The molecule has 0 radical (unpaired) electrons. The third-order valence-corrected chi connectivity index (χ3v) is 4.59. The van der Waals surface area contributed by atoms with Crippen LogP contribution in [-0.4, -0.2) is 16.1 Å². The van der Waals surface area contributed by atoms with Gasteiger partial charge in [-0.15, -0.1) is 0 Å². The molecule has 0 aliphatic carbocycles. The molecule has 0 amide bonds. The minimum atomic E-state index is -0.970. The van der Waals surface area contributed by atoms with Gasteiger partial charge in [0.1, 0.15) is 18.2 Å². The van der Waals surface area contributed by atoms with E-state index >= 15 is 0 Å². The number of carboxylic acids is 1. The number of aliphatic carboxylic acids is 1. The maximum atomic E-state index is 14.2. The summed E-state index contributed by atoms with van der Waals surface area (Å²) in [5, 5.41) is 9.89. The molecule has 0 atom stereocenters. The highest BCUT2D eigenvalue weighted by Crippen LogP contribution is 2.33. The van der Waals surface area contributed by atoms with Gasteiger partial charge in [-0.05, 0) is 29.3 Å². The van der Waals surface area contributed by atoms with Crippen LogP contribution in [-0.2, 0) is 17.8 Å². The largest absolute Gasteiger partial charge is 0.489 e. The first kappa shape index (κ1) is 17.8. The van der Waals surface area contributed by atoms with Crippen molar-refractivity contribution in [3.05, 3.63) is 89.7 Å². The van der Waals surface area contributed by atoms with Gasteiger partial charge >= 0.3 is 5.97 Å². The molecule has 0 unspecified atom stereocenters. The van der Waals surface area contributed by atoms with Crippen molar-refractivity contribution >= 4 is 16.9 Å². The van der Waals surface area contributed by atoms with Crippen LogP contribution in [0.5, 0.6) is 5.75 Å². The van der Waals surface area contributed by atoms with Gasteiger partial charge in [0.25, 0.3) is 0 Å². The topological polar surface area (TPSA) is 62.3 Å². The van der Waals surface area contributed by atoms with Crippen molar-refractivity contribution < 1.29 is 19.0 Å². The average Bonchev–Trinajstić information content (AvgIpc) is 3.07. The summed E-state index contributed by atoms with van der Waals surface area (Å²) in [5.74, 6) is -0.725. The number of hydrogen-bond donors (Lipinski definition) is 2. The molecule has 0 aliphatic heterocycles. The molecule has 3 aromatic carbocycles. The second-order valence-corrected chi connectivity index (χ2v) is 6.51. The number of carboxylic acid groups (broad SMARTS) is 1. The molecule has 2 N–H and O–H groups in total. The summed E-state index contributed by atoms with van der Waals surface area (Å²) >= 11 is 0. The zero-order chi connectivity index (χ0) is 19.5. The van der Waals surface area contributed by atoms with Gasteiger partial charge in [-0.3, -0.25) is 4.79 Å². The van der Waals surface area contributed by atoms with E-state index in [-0.39, 0.29) is 6.42 Å². The molecule has 4 nitrogen and oxygen atoms in total. The highest BCUT2D eigenvalue weighted by Gasteiger charge is 2.18. The summed E-state index contributed by atoms with van der Waals surface area (Å²) in [6.45, 7) is 0.424. The number of carbonyl (C=O) groups is 1. The van der Waals surface area contributed by atoms with Crippen molar-refractivity contribution in [1.82, 2.24) is 4.98 Å². The molecular formula is C23H18FNO3. The number of para-hydroxylation sites is 1. The van der Waals surface area contributed by atoms with E-state index in [0.717, 1.165) is 11.1 Å². The van der Waals surface area contributed by atoms with Crippen LogP contribution in [0.2, 0.25) is 0 Å². The summed E-state index contributed by atoms with van der Waals surface area (Å²) in [5.41, 5.74) is 3.25. The van der Waals surface area contributed by atoms with E-state index < -0.39 is 11.8 Å². The average molecular weight is 375 g/mol. The molecule has 0 saturated heterocycles. The molecular weight excluding hydrogens is 357 g/mol. The van der Waals surface area contributed by atoms with Crippen LogP contribution in [0.4, 0.5) is 4.39 Å². The zero-order valence-corrected chi connectivity index (χ0v) is 15.0. The van der Waals surface area contributed by atoms with E-state index in [1.165, 1.54) is 6.07 Å². The fraction of sp³-hybridized carbons (Fsp3) is 0.0870. The van der Waals surface area contributed by atoms with Gasteiger partial charge in [-0.1, -0.05) is 54.6 Å². The lowest BCUT2D eigenvalue weighted by molar-refractivity contribution is -0.136. The number of rotatable bonds is 6. The van der Waals surface area contributed by atoms with Crippen LogP contribution in [0.1, 0.15) is 11.1 Å². The number of aromatic nitrogens is 1. The van der Waals surface area contributed by atoms with E-state index in [0.29, 0.717) is 34.5 Å². The zero-order valence-electron chi connectivity index (χ0n) is 15.0. The lowest BCUT2D eigenvalue weighted by Crippen LogP contribution is -2.01. The second-order valence-electron chi connectivity index (χ2n) is 6.51. The number of halogens is 1. The Bertz CT molecular complexity index is 1140. The van der Waals surface area contributed by atoms with E-state index in [2.05, 4.69) is 4.98 Å². The highest BCUT2D eigenvalue weighted by molar-refractivity contribution is 5.94. The van der Waals surface area contributed by atoms with Crippen LogP contribution >= 0.6 is 0 Å². The Morgan fingerprint density at radius 2 is 1.79 bits per heavy atom. The van der Waals surface area contributed by atoms with Gasteiger partial charge in [-0.25, -0.2) is 4.39 Å². The predicted octanol–water partition coefficient (Wildman–Crippen LogP) is 5.18. The molecule has 140 valence electrons. The number of fused-ring (bicyclic) bond motifs is 1. The molecule has 4 rings (SSSR count). The number of nitrogens with one attached hydrogen (secondary N) is 1. The molecule has 1 heterocycles. The lowest BCUT2D eigenvalue weighted by Gasteiger charge is -2.09. The van der Waals surface area contributed by atoms with E-state index in [9.17, 15) is 14.3 Å². The van der Waals surface area contributed by atoms with E-state index in [4.69, 9.17) is 4.74 Å². The first-order valence-corrected chi connectivity index (χ1v) is 8.90. The minimum absolute atomic E-state index is 0.201. The predicted molar refractivity (Wildman–Crippen MR) is 106 cm³/mol. The van der Waals surface area contributed by atoms with Gasteiger partial charge in [0, 0.05) is 10.9 Å². The van der Waals surface area contributed by atoms with Crippen LogP contribution in [0.15, 0.2) is 72.8 Å². The van der Waals surface area contributed by atoms with Crippen molar-refractivity contribution in [3.8, 4) is 17.0 Å². The van der Waals surface area contributed by atoms with Crippen molar-refractivity contribution in [3.63, 3.8) is 0 Å². The van der Waals surface area contributed by atoms with Crippen molar-refractivity contribution in [1.29, 1.82) is 0 Å². The molecule has 0 bridgehead atoms. The third kappa shape index (κ3) is 3.60. The Labute approximate surface area is 161 Å². The summed E-state index contributed by atoms with van der Waals surface area (Å²) < 4.78 is 20.1. The van der Waals surface area contributed by atoms with E-state index in [1.807, 2.05) is 54.6 Å². The molecule has 0 fully saturated rings. The first-order valence-electron chi connectivity index (χ1n) is 8.90. The Morgan fingerprint density at radius 1 is 1.00 bits per heavy atom. The molecule has 0 spiro atoms. The smallest absolute Gasteiger partial charge is 0.307 e. The third-order valence-electron chi connectivity index (χ3n) is 4.59. The summed E-state index contributed by atoms with van der Waals surface area (Å²) in [7, 11) is 0. The van der Waals surface area contributed by atoms with Crippen molar-refractivity contribution in [2.24, 2.45) is 0 Å². The maximum absolute atomic E-state index is 14.2. The van der Waals surface area contributed by atoms with Crippen LogP contribution in [0, 0.1) is 5.82 Å². The molecule has 0 aliphatic rings. The first-order chi connectivity index (χ1) is 13.6. The lowest BCUT2D eigenvalue weighted by atomic mass is 10.0. The molecule has 4 aromatic rings. The Balaban J connectivity index is 1.71. The summed E-state index contributed by atoms with van der Waals surface area (Å²) in [6, 6.07) is 21.8. The van der Waals surface area contributed by atoms with Gasteiger partial charge in [-0.2, -0.15) is 0 Å². The Morgan fingerprint density at radius 3 is 2.57 bits per heavy atom. The van der Waals surface area contributed by atoms with Gasteiger partial charge < -0.3 is 14.8 Å². The fourth-order valence-corrected chi connectivity index (χ4v) is 3.30. The Kier molecular flexibility index (Phi) is 4.81. The standard InChI is InChI=1S/C23H18FNO3/c24-20-11-5-10-18-19(13-21(26)27)22(25-23(18)20)16-8-4-9-17(12-16)28-14-15-6-2-1-3-7-15/h1-12,25H,13-14H2,(H,26,27).